The van der Waals surface area contributed by atoms with Gasteiger partial charge in [0, 0.05) is 0 Å². The first-order valence-electron chi connectivity index (χ1n) is 0. The zero-order chi connectivity index (χ0) is 0. The van der Waals surface area contributed by atoms with E-state index in [1.807, 2.05) is 0 Å². The standard InChI is InChI=1S/2Mg.10H2O.4H/h;;10*1H2;;;;. The third-order valence-electron chi connectivity index (χ3n) is 0. The van der Waals surface area contributed by atoms with Gasteiger partial charge in [0.05, 0.1) is 0 Å². The van der Waals surface area contributed by atoms with E-state index in [1.165, 1.54) is 0 Å². The number of hydrogen-bond acceptors (Lipinski definition) is 0. The molecule has 0 fully saturated rings. The summed E-state index contributed by atoms with van der Waals surface area (Å²) < 4.78 is 0. The van der Waals surface area contributed by atoms with Crippen LogP contribution in [0.1, 0.15) is 0 Å². The van der Waals surface area contributed by atoms with Crippen molar-refractivity contribution in [3.63, 3.8) is 0 Å². The van der Waals surface area contributed by atoms with Crippen LogP contribution in [0.4, 0.5) is 0 Å². The fraction of sp³-hybridized carbons (Fsp3) is 0. The van der Waals surface area contributed by atoms with E-state index in [9.17, 15) is 0 Å². The minimum Gasteiger partial charge on any atom is -0.412 e. The van der Waals surface area contributed by atoms with E-state index in [2.05, 4.69) is 0 Å². The summed E-state index contributed by atoms with van der Waals surface area (Å²) in [6.07, 6.45) is 0. The molecule has 0 amide bonds. The molecule has 0 saturated carbocycles. The highest BCUT2D eigenvalue weighted by atomic mass is 24.3. The summed E-state index contributed by atoms with van der Waals surface area (Å²) in [7, 11) is 0. The average Bonchev–Trinajstić information content (AvgIpc) is 0. The van der Waals surface area contributed by atoms with Crippen LogP contribution < -0.4 is 0 Å². The highest BCUT2D eigenvalue weighted by Crippen LogP contribution is -0.280. The molecule has 0 radical (unpaired) electrons. The summed E-state index contributed by atoms with van der Waals surface area (Å²) in [6, 6.07) is 0. The molecule has 0 unspecified atom stereocenters. The molecular weight excluding hydrogens is 209 g/mol. The van der Waals surface area contributed by atoms with Gasteiger partial charge in [0.1, 0.15) is 0 Å². The lowest BCUT2D eigenvalue weighted by Crippen LogP contribution is -0.382. The highest BCUT2D eigenvalue weighted by molar-refractivity contribution is 5.76. The van der Waals surface area contributed by atoms with Crippen molar-refractivity contribution in [2.45, 2.75) is 0 Å². The van der Waals surface area contributed by atoms with Crippen LogP contribution in [-0.4, -0.2) is 101 Å². The predicted octanol–water partition coefficient (Wildman–Crippen LogP) is -10.1. The molecule has 0 aromatic carbocycles. The molecule has 0 saturated heterocycles. The minimum absolute atomic E-state index is 0. The number of rotatable bonds is 0. The van der Waals surface area contributed by atoms with Gasteiger partial charge in [-0.15, -0.1) is 0 Å². The molecule has 0 aliphatic heterocycles. The topological polar surface area (TPSA) is 315 Å². The summed E-state index contributed by atoms with van der Waals surface area (Å²) in [5.74, 6) is 0. The van der Waals surface area contributed by atoms with Crippen LogP contribution in [0.5, 0.6) is 0 Å². The average molecular weight is 233 g/mol. The van der Waals surface area contributed by atoms with E-state index in [0.717, 1.165) is 0 Å². The second-order valence-corrected chi connectivity index (χ2v) is 0. The Kier molecular flexibility index (Phi) is 147000. The first-order valence-corrected chi connectivity index (χ1v) is 0. The molecule has 0 aliphatic carbocycles. The Balaban J connectivity index is 0. The lowest BCUT2D eigenvalue weighted by atomic mass is 16.0. The monoisotopic (exact) mass is 232 g/mol. The van der Waals surface area contributed by atoms with Crippen molar-refractivity contribution in [1.82, 2.24) is 0 Å². The Morgan fingerprint density at radius 2 is 0.167 bits per heavy atom. The maximum Gasteiger partial charge on any atom is 0.316 e. The van der Waals surface area contributed by atoms with E-state index in [-0.39, 0.29) is 101 Å². The quantitative estimate of drug-likeness (QED) is 0.351. The largest absolute Gasteiger partial charge is 0.412 e. The van der Waals surface area contributed by atoms with Gasteiger partial charge in [-0.3, -0.25) is 0 Å². The van der Waals surface area contributed by atoms with Crippen molar-refractivity contribution in [1.29, 1.82) is 0 Å². The molecule has 0 bridgehead atoms. The van der Waals surface area contributed by atoms with Crippen LogP contribution in [0.2, 0.25) is 0 Å². The summed E-state index contributed by atoms with van der Waals surface area (Å²) in [5, 5.41) is 0. The molecule has 10 nitrogen and oxygen atoms in total. The third kappa shape index (κ3) is 891. The van der Waals surface area contributed by atoms with Gasteiger partial charge >= 0.3 is 46.1 Å². The molecule has 20 N–H and O–H groups in total. The second-order valence-electron chi connectivity index (χ2n) is 0. The Labute approximate surface area is 101 Å². The van der Waals surface area contributed by atoms with Crippen molar-refractivity contribution in [3.8, 4) is 0 Å². The van der Waals surface area contributed by atoms with Crippen LogP contribution in [0, 0.1) is 0 Å². The maximum absolute atomic E-state index is 0. The SMILES string of the molecule is O.O.O.O.O.O.O.O.O.O.[MgH2].[MgH2]. The van der Waals surface area contributed by atoms with Crippen LogP contribution in [0.15, 0.2) is 0 Å². The van der Waals surface area contributed by atoms with E-state index in [4.69, 9.17) is 0 Å². The normalized spacial score (nSPS) is 0. The molecule has 0 heterocycles. The molecule has 88 valence electrons. The number of hydrogen-bond donors (Lipinski definition) is 0. The molecule has 12 heteroatoms. The van der Waals surface area contributed by atoms with Crippen LogP contribution in [0.3, 0.4) is 0 Å². The summed E-state index contributed by atoms with van der Waals surface area (Å²) in [6.45, 7) is 0. The highest BCUT2D eigenvalue weighted by Gasteiger charge is 0.317. The van der Waals surface area contributed by atoms with Gasteiger partial charge in [-0.25, -0.2) is 0 Å². The summed E-state index contributed by atoms with van der Waals surface area (Å²) >= 11 is 0. The summed E-state index contributed by atoms with van der Waals surface area (Å²) in [5.41, 5.74) is 0. The zero-order valence-corrected chi connectivity index (χ0v) is 5.00. The van der Waals surface area contributed by atoms with Gasteiger partial charge in [-0.2, -0.15) is 0 Å². The van der Waals surface area contributed by atoms with E-state index >= 15 is 0 Å². The van der Waals surface area contributed by atoms with E-state index in [0.29, 0.717) is 0 Å². The zero-order valence-electron chi connectivity index (χ0n) is 5.00. The fourth-order valence-electron chi connectivity index (χ4n) is 0. The van der Waals surface area contributed by atoms with Gasteiger partial charge in [0.15, 0.2) is 0 Å². The molecule has 0 aromatic rings. The maximum atomic E-state index is 0. The molecule has 0 atom stereocenters. The first kappa shape index (κ1) is 1510. The van der Waals surface area contributed by atoms with Gasteiger partial charge < -0.3 is 54.8 Å². The van der Waals surface area contributed by atoms with Crippen molar-refractivity contribution in [3.05, 3.63) is 0 Å². The van der Waals surface area contributed by atoms with Gasteiger partial charge in [-0.05, 0) is 0 Å². The van der Waals surface area contributed by atoms with Crippen LogP contribution in [0.25, 0.3) is 0 Å². The molecule has 0 aromatic heterocycles. The van der Waals surface area contributed by atoms with Gasteiger partial charge in [0.2, 0.25) is 0 Å². The lowest BCUT2D eigenvalue weighted by molar-refractivity contribution is 0.823. The van der Waals surface area contributed by atoms with Gasteiger partial charge in [0.25, 0.3) is 0 Å². The second kappa shape index (κ2) is 1170. The smallest absolute Gasteiger partial charge is 0.316 e. The van der Waals surface area contributed by atoms with Gasteiger partial charge in [-0.1, -0.05) is 0 Å². The Morgan fingerprint density at radius 1 is 0.167 bits per heavy atom. The Bertz CT molecular complexity index is 7.80. The van der Waals surface area contributed by atoms with Crippen molar-refractivity contribution in [2.24, 2.45) is 0 Å². The Morgan fingerprint density at radius 3 is 0.167 bits per heavy atom. The van der Waals surface area contributed by atoms with Crippen LogP contribution in [-0.2, 0) is 0 Å². The lowest BCUT2D eigenvalue weighted by Gasteiger charge is -0.413. The molecule has 0 spiro atoms. The molecule has 0 rings (SSSR count). The van der Waals surface area contributed by atoms with E-state index in [1.54, 1.807) is 0 Å². The Hall–Kier alpha value is 1.13. The predicted molar refractivity (Wildman–Crippen MR) is 53.2 cm³/mol. The molecule has 0 aliphatic rings. The fourth-order valence-corrected chi connectivity index (χ4v) is 0. The summed E-state index contributed by atoms with van der Waals surface area (Å²) in [4.78, 5) is 0. The molecule has 12 heavy (non-hydrogen) atoms. The molecular formula is H24Mg2O10. The van der Waals surface area contributed by atoms with Crippen LogP contribution >= 0.6 is 0 Å². The van der Waals surface area contributed by atoms with Crippen molar-refractivity contribution >= 4 is 46.1 Å². The first-order chi connectivity index (χ1) is 0. The van der Waals surface area contributed by atoms with Crippen molar-refractivity contribution < 1.29 is 54.8 Å². The van der Waals surface area contributed by atoms with Crippen molar-refractivity contribution in [2.75, 3.05) is 0 Å². The van der Waals surface area contributed by atoms with E-state index < -0.39 is 0 Å². The third-order valence-corrected chi connectivity index (χ3v) is 0. The minimum atomic E-state index is 0.